The van der Waals surface area contributed by atoms with Crippen LogP contribution in [0.5, 0.6) is 5.75 Å². The van der Waals surface area contributed by atoms with Crippen molar-refractivity contribution >= 4 is 11.8 Å². The predicted molar refractivity (Wildman–Crippen MR) is 93.8 cm³/mol. The maximum atomic E-state index is 12.6. The summed E-state index contributed by atoms with van der Waals surface area (Å²) in [6, 6.07) is 7.85. The van der Waals surface area contributed by atoms with E-state index < -0.39 is 0 Å². The lowest BCUT2D eigenvalue weighted by Gasteiger charge is -2.24. The third kappa shape index (κ3) is 4.60. The monoisotopic (exact) mass is 330 g/mol. The SMILES string of the molecule is C=CCN1CC(C(=O)N(CC)CCOc2ccc(C)cc2)CC1=O. The van der Waals surface area contributed by atoms with Gasteiger partial charge in [0.05, 0.1) is 12.5 Å². The highest BCUT2D eigenvalue weighted by Gasteiger charge is 2.35. The molecule has 24 heavy (non-hydrogen) atoms. The summed E-state index contributed by atoms with van der Waals surface area (Å²) in [5, 5.41) is 0. The third-order valence-electron chi connectivity index (χ3n) is 4.26. The topological polar surface area (TPSA) is 49.9 Å². The van der Waals surface area contributed by atoms with Crippen molar-refractivity contribution in [1.82, 2.24) is 9.80 Å². The maximum absolute atomic E-state index is 12.6. The van der Waals surface area contributed by atoms with Crippen LogP contribution in [0.4, 0.5) is 0 Å². The van der Waals surface area contributed by atoms with Crippen molar-refractivity contribution in [3.63, 3.8) is 0 Å². The lowest BCUT2D eigenvalue weighted by atomic mass is 10.1. The van der Waals surface area contributed by atoms with Gasteiger partial charge in [0.15, 0.2) is 0 Å². The molecule has 0 radical (unpaired) electrons. The molecule has 1 unspecified atom stereocenters. The normalized spacial score (nSPS) is 17.0. The number of likely N-dealkylation sites (N-methyl/N-ethyl adjacent to an activating group) is 1. The van der Waals surface area contributed by atoms with Crippen molar-refractivity contribution in [3.05, 3.63) is 42.5 Å². The van der Waals surface area contributed by atoms with E-state index in [4.69, 9.17) is 4.74 Å². The number of ether oxygens (including phenoxy) is 1. The molecule has 5 nitrogen and oxygen atoms in total. The van der Waals surface area contributed by atoms with E-state index in [2.05, 4.69) is 6.58 Å². The molecule has 1 heterocycles. The van der Waals surface area contributed by atoms with E-state index in [1.165, 1.54) is 5.56 Å². The van der Waals surface area contributed by atoms with Crippen molar-refractivity contribution in [2.45, 2.75) is 20.3 Å². The minimum atomic E-state index is -0.253. The molecule has 1 fully saturated rings. The Hall–Kier alpha value is -2.30. The van der Waals surface area contributed by atoms with Crippen LogP contribution >= 0.6 is 0 Å². The molecule has 0 aromatic heterocycles. The molecule has 1 atom stereocenters. The highest BCUT2D eigenvalue weighted by molar-refractivity contribution is 5.89. The van der Waals surface area contributed by atoms with E-state index in [9.17, 15) is 9.59 Å². The van der Waals surface area contributed by atoms with Gasteiger partial charge in [-0.2, -0.15) is 0 Å². The van der Waals surface area contributed by atoms with Gasteiger partial charge in [0.2, 0.25) is 11.8 Å². The lowest BCUT2D eigenvalue weighted by Crippen LogP contribution is -2.39. The molecule has 1 aliphatic heterocycles. The number of rotatable bonds is 8. The van der Waals surface area contributed by atoms with Gasteiger partial charge < -0.3 is 14.5 Å². The van der Waals surface area contributed by atoms with Crippen LogP contribution in [-0.2, 0) is 9.59 Å². The first-order valence-electron chi connectivity index (χ1n) is 8.42. The fraction of sp³-hybridized carbons (Fsp3) is 0.474. The Balaban J connectivity index is 1.84. The van der Waals surface area contributed by atoms with E-state index in [1.807, 2.05) is 38.1 Å². The molecule has 130 valence electrons. The van der Waals surface area contributed by atoms with Crippen molar-refractivity contribution in [2.24, 2.45) is 5.92 Å². The summed E-state index contributed by atoms with van der Waals surface area (Å²) in [4.78, 5) is 28.0. The van der Waals surface area contributed by atoms with E-state index in [0.717, 1.165) is 5.75 Å². The van der Waals surface area contributed by atoms with Gasteiger partial charge in [-0.1, -0.05) is 23.8 Å². The molecule has 0 bridgehead atoms. The zero-order valence-corrected chi connectivity index (χ0v) is 14.5. The van der Waals surface area contributed by atoms with Gasteiger partial charge in [-0.3, -0.25) is 9.59 Å². The van der Waals surface area contributed by atoms with Crippen LogP contribution in [0.25, 0.3) is 0 Å². The Kier molecular flexibility index (Phi) is 6.41. The average Bonchev–Trinajstić information content (AvgIpc) is 2.94. The molecular formula is C19H26N2O3. The first-order chi connectivity index (χ1) is 11.5. The number of carbonyl (C=O) groups excluding carboxylic acids is 2. The van der Waals surface area contributed by atoms with Gasteiger partial charge in [-0.05, 0) is 26.0 Å². The molecule has 5 heteroatoms. The zero-order valence-electron chi connectivity index (χ0n) is 14.5. The summed E-state index contributed by atoms with van der Waals surface area (Å²) in [6.07, 6.45) is 1.99. The van der Waals surface area contributed by atoms with E-state index in [-0.39, 0.29) is 17.7 Å². The first kappa shape index (κ1) is 18.0. The Bertz CT molecular complexity index is 583. The maximum Gasteiger partial charge on any atom is 0.228 e. The Labute approximate surface area is 143 Å². The second kappa shape index (κ2) is 8.52. The van der Waals surface area contributed by atoms with Crippen molar-refractivity contribution < 1.29 is 14.3 Å². The molecule has 2 amide bonds. The highest BCUT2D eigenvalue weighted by Crippen LogP contribution is 2.20. The lowest BCUT2D eigenvalue weighted by molar-refractivity contribution is -0.136. The number of hydrogen-bond donors (Lipinski definition) is 0. The van der Waals surface area contributed by atoms with Gasteiger partial charge in [0, 0.05) is 26.1 Å². The zero-order chi connectivity index (χ0) is 17.5. The number of carbonyl (C=O) groups is 2. The predicted octanol–water partition coefficient (Wildman–Crippen LogP) is 2.26. The third-order valence-corrected chi connectivity index (χ3v) is 4.26. The summed E-state index contributed by atoms with van der Waals surface area (Å²) < 4.78 is 5.70. The molecule has 1 aliphatic rings. The second-order valence-corrected chi connectivity index (χ2v) is 6.07. The summed E-state index contributed by atoms with van der Waals surface area (Å²) in [5.74, 6) is 0.610. The van der Waals surface area contributed by atoms with Crippen LogP contribution in [-0.4, -0.2) is 54.4 Å². The molecule has 0 spiro atoms. The van der Waals surface area contributed by atoms with Gasteiger partial charge in [0.25, 0.3) is 0 Å². The fourth-order valence-electron chi connectivity index (χ4n) is 2.86. The number of amides is 2. The summed E-state index contributed by atoms with van der Waals surface area (Å²) >= 11 is 0. The quantitative estimate of drug-likeness (QED) is 0.687. The van der Waals surface area contributed by atoms with Crippen LogP contribution in [0, 0.1) is 12.8 Å². The average molecular weight is 330 g/mol. The van der Waals surface area contributed by atoms with E-state index >= 15 is 0 Å². The van der Waals surface area contributed by atoms with Crippen LogP contribution in [0.2, 0.25) is 0 Å². The fourth-order valence-corrected chi connectivity index (χ4v) is 2.86. The van der Waals surface area contributed by atoms with E-state index in [0.29, 0.717) is 39.2 Å². The Morgan fingerprint density at radius 1 is 1.42 bits per heavy atom. The Morgan fingerprint density at radius 2 is 2.12 bits per heavy atom. The van der Waals surface area contributed by atoms with Gasteiger partial charge >= 0.3 is 0 Å². The molecular weight excluding hydrogens is 304 g/mol. The number of nitrogens with zero attached hydrogens (tertiary/aromatic N) is 2. The van der Waals surface area contributed by atoms with Gasteiger partial charge in [-0.15, -0.1) is 6.58 Å². The Morgan fingerprint density at radius 3 is 2.75 bits per heavy atom. The van der Waals surface area contributed by atoms with Gasteiger partial charge in [-0.25, -0.2) is 0 Å². The van der Waals surface area contributed by atoms with Crippen LogP contribution < -0.4 is 4.74 Å². The largest absolute Gasteiger partial charge is 0.492 e. The molecule has 1 saturated heterocycles. The van der Waals surface area contributed by atoms with Crippen molar-refractivity contribution in [1.29, 1.82) is 0 Å². The van der Waals surface area contributed by atoms with Crippen LogP contribution in [0.15, 0.2) is 36.9 Å². The molecule has 1 aromatic rings. The smallest absolute Gasteiger partial charge is 0.228 e. The number of benzene rings is 1. The van der Waals surface area contributed by atoms with Crippen molar-refractivity contribution in [3.8, 4) is 5.75 Å². The standard InChI is InChI=1S/C19H26N2O3/c1-4-10-21-14-16(13-18(21)22)19(23)20(5-2)11-12-24-17-8-6-15(3)7-9-17/h4,6-9,16H,1,5,10-14H2,2-3H3. The molecule has 0 N–H and O–H groups in total. The highest BCUT2D eigenvalue weighted by atomic mass is 16.5. The second-order valence-electron chi connectivity index (χ2n) is 6.07. The van der Waals surface area contributed by atoms with Crippen LogP contribution in [0.1, 0.15) is 18.9 Å². The minimum Gasteiger partial charge on any atom is -0.492 e. The first-order valence-corrected chi connectivity index (χ1v) is 8.42. The number of hydrogen-bond acceptors (Lipinski definition) is 3. The number of aryl methyl sites for hydroxylation is 1. The van der Waals surface area contributed by atoms with Gasteiger partial charge in [0.1, 0.15) is 12.4 Å². The summed E-state index contributed by atoms with van der Waals surface area (Å²) in [7, 11) is 0. The number of likely N-dealkylation sites (tertiary alicyclic amines) is 1. The summed E-state index contributed by atoms with van der Waals surface area (Å²) in [5.41, 5.74) is 1.18. The van der Waals surface area contributed by atoms with Crippen LogP contribution in [0.3, 0.4) is 0 Å². The van der Waals surface area contributed by atoms with E-state index in [1.54, 1.807) is 15.9 Å². The molecule has 1 aromatic carbocycles. The minimum absolute atomic E-state index is 0.0280. The van der Waals surface area contributed by atoms with Crippen molar-refractivity contribution in [2.75, 3.05) is 32.8 Å². The molecule has 0 aliphatic carbocycles. The molecule has 0 saturated carbocycles. The molecule has 2 rings (SSSR count). The summed E-state index contributed by atoms with van der Waals surface area (Å²) in [6.45, 7) is 10.2.